The number of amides is 2. The fraction of sp³-hybridized carbons (Fsp3) is 0.286. The number of β-amino-alcohol motifs (C(OH)–C–C–N with tert-alkyl or cyclic N) is 1. The van der Waals surface area contributed by atoms with E-state index in [1.807, 2.05) is 0 Å². The molecule has 1 aliphatic heterocycles. The minimum absolute atomic E-state index is 0.0544. The normalized spacial score (nSPS) is 14.9. The number of hydrogen-bond donors (Lipinski definition) is 7. The van der Waals surface area contributed by atoms with Gasteiger partial charge in [-0.2, -0.15) is 0 Å². The number of aliphatic hydroxyl groups is 1. The second-order valence-electron chi connectivity index (χ2n) is 7.46. The van der Waals surface area contributed by atoms with E-state index < -0.39 is 30.4 Å². The third-order valence-corrected chi connectivity index (χ3v) is 5.85. The summed E-state index contributed by atoms with van der Waals surface area (Å²) in [5, 5.41) is 39.4. The SMILES string of the molecule is O=C(O)CCc1cc(Cl)c(NC(=O)CNC(=O)c2ccc(NC3=NCC(O)CN3)cn2)c(Br)c1O. The summed E-state index contributed by atoms with van der Waals surface area (Å²) in [4.78, 5) is 43.6. The summed E-state index contributed by atoms with van der Waals surface area (Å²) >= 11 is 9.34. The Labute approximate surface area is 212 Å². The number of nitrogens with zero attached hydrogens (tertiary/aromatic N) is 2. The van der Waals surface area contributed by atoms with Crippen LogP contribution in [-0.4, -0.2) is 69.8 Å². The van der Waals surface area contributed by atoms with E-state index in [1.165, 1.54) is 18.3 Å². The number of halogens is 2. The predicted octanol–water partition coefficient (Wildman–Crippen LogP) is 1.32. The number of pyridine rings is 1. The Bertz CT molecular complexity index is 1160. The van der Waals surface area contributed by atoms with Crippen LogP contribution in [0.5, 0.6) is 5.75 Å². The Hall–Kier alpha value is -3.42. The first-order valence-corrected chi connectivity index (χ1v) is 11.5. The topological polar surface area (TPSA) is 185 Å². The summed E-state index contributed by atoms with van der Waals surface area (Å²) in [7, 11) is 0. The van der Waals surface area contributed by atoms with Crippen molar-refractivity contribution in [3.8, 4) is 5.75 Å². The smallest absolute Gasteiger partial charge is 0.303 e. The van der Waals surface area contributed by atoms with Gasteiger partial charge in [0.1, 0.15) is 11.4 Å². The molecule has 1 unspecified atom stereocenters. The number of aryl methyl sites for hydroxylation is 1. The molecule has 35 heavy (non-hydrogen) atoms. The van der Waals surface area contributed by atoms with Gasteiger partial charge in [0.05, 0.1) is 46.3 Å². The number of benzene rings is 1. The molecule has 186 valence electrons. The Balaban J connectivity index is 1.54. The van der Waals surface area contributed by atoms with Gasteiger partial charge in [-0.05, 0) is 46.1 Å². The summed E-state index contributed by atoms with van der Waals surface area (Å²) in [6.45, 7) is 0.257. The second kappa shape index (κ2) is 11.8. The van der Waals surface area contributed by atoms with Crippen LogP contribution in [0.15, 0.2) is 33.9 Å². The zero-order valence-electron chi connectivity index (χ0n) is 18.1. The zero-order valence-corrected chi connectivity index (χ0v) is 20.5. The van der Waals surface area contributed by atoms with Gasteiger partial charge >= 0.3 is 5.97 Å². The Morgan fingerprint density at radius 3 is 2.69 bits per heavy atom. The van der Waals surface area contributed by atoms with Crippen LogP contribution in [0.25, 0.3) is 0 Å². The molecule has 7 N–H and O–H groups in total. The molecule has 1 aromatic heterocycles. The molecule has 0 fully saturated rings. The average Bonchev–Trinajstić information content (AvgIpc) is 2.83. The van der Waals surface area contributed by atoms with Gasteiger partial charge in [-0.3, -0.25) is 19.4 Å². The number of aromatic hydroxyl groups is 1. The summed E-state index contributed by atoms with van der Waals surface area (Å²) in [6.07, 6.45) is 0.747. The largest absolute Gasteiger partial charge is 0.506 e. The molecule has 2 amide bonds. The third-order valence-electron chi connectivity index (χ3n) is 4.78. The Morgan fingerprint density at radius 2 is 2.06 bits per heavy atom. The van der Waals surface area contributed by atoms with Crippen LogP contribution in [0.1, 0.15) is 22.5 Å². The molecule has 2 heterocycles. The molecule has 1 aromatic carbocycles. The van der Waals surface area contributed by atoms with E-state index in [-0.39, 0.29) is 46.0 Å². The zero-order chi connectivity index (χ0) is 25.5. The van der Waals surface area contributed by atoms with Crippen molar-refractivity contribution < 1.29 is 29.7 Å². The van der Waals surface area contributed by atoms with E-state index in [2.05, 4.69) is 47.2 Å². The highest BCUT2D eigenvalue weighted by molar-refractivity contribution is 9.10. The molecule has 0 radical (unpaired) electrons. The van der Waals surface area contributed by atoms with Crippen LogP contribution in [0, 0.1) is 0 Å². The molecule has 0 spiro atoms. The number of hydrogen-bond acceptors (Lipinski definition) is 9. The van der Waals surface area contributed by atoms with E-state index in [1.54, 1.807) is 6.07 Å². The maximum Gasteiger partial charge on any atom is 0.303 e. The predicted molar refractivity (Wildman–Crippen MR) is 132 cm³/mol. The molecule has 14 heteroatoms. The van der Waals surface area contributed by atoms with E-state index in [4.69, 9.17) is 16.7 Å². The Kier molecular flexibility index (Phi) is 8.84. The number of rotatable bonds is 8. The van der Waals surface area contributed by atoms with Crippen LogP contribution in [-0.2, 0) is 16.0 Å². The van der Waals surface area contributed by atoms with Crippen molar-refractivity contribution in [3.05, 3.63) is 45.1 Å². The summed E-state index contributed by atoms with van der Waals surface area (Å²) in [6, 6.07) is 4.45. The molecule has 0 bridgehead atoms. The Morgan fingerprint density at radius 1 is 1.29 bits per heavy atom. The van der Waals surface area contributed by atoms with Crippen molar-refractivity contribution in [1.82, 2.24) is 15.6 Å². The number of aromatic nitrogens is 1. The van der Waals surface area contributed by atoms with Gasteiger partial charge in [0.15, 0.2) is 5.96 Å². The molecule has 12 nitrogen and oxygen atoms in total. The lowest BCUT2D eigenvalue weighted by atomic mass is 10.1. The lowest BCUT2D eigenvalue weighted by Gasteiger charge is -2.19. The number of nitrogens with one attached hydrogen (secondary N) is 4. The second-order valence-corrected chi connectivity index (χ2v) is 8.66. The fourth-order valence-electron chi connectivity index (χ4n) is 2.99. The number of carboxylic acids is 1. The molecule has 0 aliphatic carbocycles. The number of carbonyl (C=O) groups is 3. The minimum atomic E-state index is -1.03. The molecule has 0 saturated carbocycles. The minimum Gasteiger partial charge on any atom is -0.506 e. The summed E-state index contributed by atoms with van der Waals surface area (Å²) in [5.74, 6) is -1.97. The molecule has 3 rings (SSSR count). The number of carboxylic acid groups (broad SMARTS) is 1. The van der Waals surface area contributed by atoms with Crippen molar-refractivity contribution in [2.75, 3.05) is 30.3 Å². The summed E-state index contributed by atoms with van der Waals surface area (Å²) in [5.41, 5.74) is 1.05. The number of aliphatic imine (C=N–C) groups is 1. The highest BCUT2D eigenvalue weighted by atomic mass is 79.9. The first-order valence-electron chi connectivity index (χ1n) is 10.3. The van der Waals surface area contributed by atoms with Gasteiger partial charge in [-0.1, -0.05) is 11.6 Å². The van der Waals surface area contributed by atoms with E-state index in [0.29, 0.717) is 23.8 Å². The highest BCUT2D eigenvalue weighted by Crippen LogP contribution is 2.40. The maximum atomic E-state index is 12.3. The summed E-state index contributed by atoms with van der Waals surface area (Å²) < 4.78 is 0.0985. The van der Waals surface area contributed by atoms with Crippen molar-refractivity contribution in [2.45, 2.75) is 18.9 Å². The third kappa shape index (κ3) is 7.28. The first-order chi connectivity index (χ1) is 16.6. The van der Waals surface area contributed by atoms with E-state index in [0.717, 1.165) is 0 Å². The van der Waals surface area contributed by atoms with Crippen molar-refractivity contribution in [3.63, 3.8) is 0 Å². The molecular weight excluding hydrogens is 548 g/mol. The molecule has 1 aliphatic rings. The van der Waals surface area contributed by atoms with Crippen molar-refractivity contribution in [1.29, 1.82) is 0 Å². The number of aliphatic carboxylic acids is 1. The van der Waals surface area contributed by atoms with E-state index in [9.17, 15) is 24.6 Å². The van der Waals surface area contributed by atoms with Crippen LogP contribution < -0.4 is 21.3 Å². The number of anilines is 2. The van der Waals surface area contributed by atoms with Crippen LogP contribution in [0.3, 0.4) is 0 Å². The molecule has 0 saturated heterocycles. The van der Waals surface area contributed by atoms with Gasteiger partial charge < -0.3 is 36.6 Å². The standard InChI is InChI=1S/C21H22BrClN6O6/c22-17-18(13(23)5-10(19(17)34)1-4-16(32)33)29-15(31)9-25-20(35)14-3-2-11(6-24-14)28-21-26-7-12(30)8-27-21/h2-3,5-6,12,30,34H,1,4,7-9H2,(H,25,35)(H,29,31)(H,32,33)(H2,26,27,28). The first kappa shape index (κ1) is 26.2. The number of guanidine groups is 1. The van der Waals surface area contributed by atoms with Gasteiger partial charge in [0, 0.05) is 13.0 Å². The van der Waals surface area contributed by atoms with Gasteiger partial charge in [-0.15, -0.1) is 0 Å². The van der Waals surface area contributed by atoms with Gasteiger partial charge in [0.2, 0.25) is 5.91 Å². The number of carbonyl (C=O) groups excluding carboxylic acids is 2. The fourth-order valence-corrected chi connectivity index (χ4v) is 3.95. The van der Waals surface area contributed by atoms with Gasteiger partial charge in [-0.25, -0.2) is 4.98 Å². The van der Waals surface area contributed by atoms with Gasteiger partial charge in [0.25, 0.3) is 5.91 Å². The lowest BCUT2D eigenvalue weighted by molar-refractivity contribution is -0.137. The van der Waals surface area contributed by atoms with E-state index >= 15 is 0 Å². The van der Waals surface area contributed by atoms with Crippen LogP contribution in [0.4, 0.5) is 11.4 Å². The lowest BCUT2D eigenvalue weighted by Crippen LogP contribution is -2.42. The van der Waals surface area contributed by atoms with Crippen molar-refractivity contribution >= 4 is 62.6 Å². The molecule has 1 atom stereocenters. The quantitative estimate of drug-likeness (QED) is 0.246. The van der Waals surface area contributed by atoms with Crippen molar-refractivity contribution in [2.24, 2.45) is 4.99 Å². The monoisotopic (exact) mass is 568 g/mol. The molecular formula is C21H22BrClN6O6. The average molecular weight is 570 g/mol. The maximum absolute atomic E-state index is 12.3. The molecule has 2 aromatic rings. The number of phenolic OH excluding ortho intramolecular Hbond substituents is 1. The number of phenols is 1. The van der Waals surface area contributed by atoms with Crippen LogP contribution in [0.2, 0.25) is 5.02 Å². The number of aliphatic hydroxyl groups excluding tert-OH is 1. The highest BCUT2D eigenvalue weighted by Gasteiger charge is 2.18. The van der Waals surface area contributed by atoms with Crippen LogP contribution >= 0.6 is 27.5 Å².